The molecule has 0 saturated heterocycles. The maximum absolute atomic E-state index is 13.6. The zero-order valence-corrected chi connectivity index (χ0v) is 20.1. The first-order chi connectivity index (χ1) is 16.7. The van der Waals surface area contributed by atoms with Crippen LogP contribution in [0.4, 0.5) is 0 Å². The predicted molar refractivity (Wildman–Crippen MR) is 128 cm³/mol. The van der Waals surface area contributed by atoms with Crippen LogP contribution in [-0.4, -0.2) is 35.7 Å². The number of primary amides is 1. The Hall–Kier alpha value is -3.92. The average molecular weight is 494 g/mol. The number of aromatic nitrogens is 1. The Kier molecular flexibility index (Phi) is 5.47. The number of methoxy groups -OCH3 is 1. The van der Waals surface area contributed by atoms with Crippen LogP contribution in [0.3, 0.4) is 0 Å². The zero-order valence-electron chi connectivity index (χ0n) is 19.3. The van der Waals surface area contributed by atoms with E-state index in [0.717, 1.165) is 5.56 Å². The van der Waals surface area contributed by atoms with E-state index >= 15 is 0 Å². The van der Waals surface area contributed by atoms with Crippen molar-refractivity contribution in [2.75, 3.05) is 13.7 Å². The molecule has 0 saturated carbocycles. The Morgan fingerprint density at radius 1 is 1.26 bits per heavy atom. The molecule has 3 aromatic rings. The first kappa shape index (κ1) is 22.9. The number of thiazole rings is 1. The van der Waals surface area contributed by atoms with E-state index in [1.54, 1.807) is 35.8 Å². The molecule has 2 bridgehead atoms. The number of nitrogens with zero attached hydrogens (tertiary/aromatic N) is 2. The molecule has 180 valence electrons. The van der Waals surface area contributed by atoms with Crippen LogP contribution in [0.2, 0.25) is 0 Å². The maximum Gasteiger partial charge on any atom is 0.270 e. The van der Waals surface area contributed by atoms with E-state index in [9.17, 15) is 14.4 Å². The molecule has 0 radical (unpaired) electrons. The molecule has 1 aromatic heterocycles. The van der Waals surface area contributed by atoms with Gasteiger partial charge in [0.1, 0.15) is 17.5 Å². The largest absolute Gasteiger partial charge is 0.493 e. The Balaban J connectivity index is 1.67. The van der Waals surface area contributed by atoms with Gasteiger partial charge in [-0.15, -0.1) is 0 Å². The monoisotopic (exact) mass is 493 g/mol. The quantitative estimate of drug-likeness (QED) is 0.550. The Bertz CT molecular complexity index is 1540. The molecule has 9 nitrogen and oxygen atoms in total. The van der Waals surface area contributed by atoms with E-state index < -0.39 is 23.6 Å². The summed E-state index contributed by atoms with van der Waals surface area (Å²) >= 11 is 1.23. The normalized spacial score (nSPS) is 22.3. The first-order valence-corrected chi connectivity index (χ1v) is 11.7. The van der Waals surface area contributed by atoms with E-state index in [2.05, 4.69) is 0 Å². The van der Waals surface area contributed by atoms with Crippen molar-refractivity contribution in [2.45, 2.75) is 25.6 Å². The molecule has 0 aliphatic carbocycles. The lowest BCUT2D eigenvalue weighted by molar-refractivity contribution is -0.132. The van der Waals surface area contributed by atoms with Gasteiger partial charge in [0.05, 0.1) is 17.7 Å². The molecule has 2 aliphatic rings. The van der Waals surface area contributed by atoms with E-state index in [0.29, 0.717) is 32.1 Å². The Morgan fingerprint density at radius 2 is 2.03 bits per heavy atom. The highest BCUT2D eigenvalue weighted by Gasteiger charge is 2.53. The van der Waals surface area contributed by atoms with Crippen LogP contribution in [0.5, 0.6) is 17.2 Å². The zero-order chi connectivity index (χ0) is 24.9. The maximum atomic E-state index is 13.6. The van der Waals surface area contributed by atoms with Crippen molar-refractivity contribution >= 4 is 29.1 Å². The number of fused-ring (bicyclic) bond motifs is 6. The number of amides is 1. The van der Waals surface area contributed by atoms with Crippen molar-refractivity contribution in [3.63, 3.8) is 0 Å². The molecule has 0 fully saturated rings. The fraction of sp³-hybridized carbons (Fsp3) is 0.280. The van der Waals surface area contributed by atoms with Crippen molar-refractivity contribution < 1.29 is 23.8 Å². The average Bonchev–Trinajstić information content (AvgIpc) is 3.10. The van der Waals surface area contributed by atoms with Crippen LogP contribution < -0.4 is 34.8 Å². The molecule has 2 N–H and O–H groups in total. The number of rotatable bonds is 6. The first-order valence-electron chi connectivity index (χ1n) is 10.9. The number of carbonyl (C=O) groups excluding carboxylic acids is 2. The van der Waals surface area contributed by atoms with Crippen LogP contribution in [-0.2, 0) is 9.59 Å². The van der Waals surface area contributed by atoms with E-state index in [1.807, 2.05) is 24.3 Å². The fourth-order valence-electron chi connectivity index (χ4n) is 4.75. The summed E-state index contributed by atoms with van der Waals surface area (Å²) in [5.74, 6) is 0.0152. The predicted octanol–water partition coefficient (Wildman–Crippen LogP) is 1.15. The highest BCUT2D eigenvalue weighted by Crippen LogP contribution is 2.47. The van der Waals surface area contributed by atoms with Crippen LogP contribution in [0.15, 0.2) is 52.3 Å². The Morgan fingerprint density at radius 3 is 2.74 bits per heavy atom. The van der Waals surface area contributed by atoms with Gasteiger partial charge >= 0.3 is 0 Å². The number of hydrogen-bond donors (Lipinski definition) is 1. The third kappa shape index (κ3) is 3.79. The molecule has 2 aliphatic heterocycles. The summed E-state index contributed by atoms with van der Waals surface area (Å²) in [7, 11) is 1.49. The summed E-state index contributed by atoms with van der Waals surface area (Å²) in [4.78, 5) is 42.7. The van der Waals surface area contributed by atoms with Gasteiger partial charge in [-0.05, 0) is 43.7 Å². The lowest BCUT2D eigenvalue weighted by atomic mass is 9.79. The second-order valence-corrected chi connectivity index (χ2v) is 9.58. The molecule has 2 aromatic carbocycles. The van der Waals surface area contributed by atoms with Gasteiger partial charge in [-0.3, -0.25) is 19.0 Å². The lowest BCUT2D eigenvalue weighted by Crippen LogP contribution is -2.58. The molecule has 5 rings (SSSR count). The number of benzene rings is 2. The van der Waals surface area contributed by atoms with Crippen LogP contribution >= 0.6 is 11.3 Å². The minimum absolute atomic E-state index is 0.101. The number of nitrogens with two attached hydrogens (primary N) is 1. The van der Waals surface area contributed by atoms with Gasteiger partial charge in [0, 0.05) is 5.56 Å². The van der Waals surface area contributed by atoms with Crippen molar-refractivity contribution in [3.8, 4) is 17.2 Å². The molecule has 3 heterocycles. The van der Waals surface area contributed by atoms with Crippen molar-refractivity contribution in [1.82, 2.24) is 4.57 Å². The van der Waals surface area contributed by atoms with Crippen molar-refractivity contribution in [3.05, 3.63) is 73.3 Å². The highest BCUT2D eigenvalue weighted by atomic mass is 32.1. The second kappa shape index (κ2) is 8.38. The second-order valence-electron chi connectivity index (χ2n) is 8.57. The lowest BCUT2D eigenvalue weighted by Gasteiger charge is -2.45. The van der Waals surface area contributed by atoms with Crippen molar-refractivity contribution in [1.29, 1.82) is 0 Å². The molecule has 0 spiro atoms. The number of ketones is 1. The number of ether oxygens (including phenoxy) is 3. The SMILES string of the molecule is COc1ccc(/C=c2\sc3n(c2=O)[C@H]2c4ccccc4O[C@@](C)(N=3)[C@H]2C(C)=O)cc1OCC(N)=O. The molecule has 0 unspecified atom stereocenters. The highest BCUT2D eigenvalue weighted by molar-refractivity contribution is 7.07. The Labute approximate surface area is 204 Å². The van der Waals surface area contributed by atoms with Crippen LogP contribution in [0.25, 0.3) is 6.08 Å². The van der Waals surface area contributed by atoms with Gasteiger partial charge in [-0.2, -0.15) is 0 Å². The molecular weight excluding hydrogens is 470 g/mol. The van der Waals surface area contributed by atoms with Crippen LogP contribution in [0.1, 0.15) is 31.0 Å². The summed E-state index contributed by atoms with van der Waals surface area (Å²) in [6, 6.07) is 12.0. The number of para-hydroxylation sites is 1. The fourth-order valence-corrected chi connectivity index (χ4v) is 5.85. The number of Topliss-reactive ketones (excluding diaryl/α,β-unsaturated/α-hetero) is 1. The summed E-state index contributed by atoms with van der Waals surface area (Å²) in [5.41, 5.74) is 5.26. The van der Waals surface area contributed by atoms with Gasteiger partial charge in [-0.25, -0.2) is 4.99 Å². The minimum atomic E-state index is -1.12. The smallest absolute Gasteiger partial charge is 0.270 e. The minimum Gasteiger partial charge on any atom is -0.493 e. The van der Waals surface area contributed by atoms with E-state index in [-0.39, 0.29) is 17.9 Å². The standard InChI is InChI=1S/C25H23N3O6S/c1-13(29)21-22-15-6-4-5-7-16(15)34-25(21,2)27-24-28(22)23(31)19(35-24)11-14-8-9-17(32-3)18(10-14)33-12-20(26)30/h4-11,21-22H,12H2,1-3H3,(H2,26,30)/b19-11-/t21-,22-,25+/m0/s1. The van der Waals surface area contributed by atoms with E-state index in [1.165, 1.54) is 25.4 Å². The third-order valence-electron chi connectivity index (χ3n) is 6.17. The topological polar surface area (TPSA) is 122 Å². The van der Waals surface area contributed by atoms with Crippen molar-refractivity contribution in [2.24, 2.45) is 16.6 Å². The molecule has 3 atom stereocenters. The molecule has 1 amide bonds. The van der Waals surface area contributed by atoms with Gasteiger partial charge in [-0.1, -0.05) is 35.6 Å². The van der Waals surface area contributed by atoms with Gasteiger partial charge in [0.25, 0.3) is 11.5 Å². The summed E-state index contributed by atoms with van der Waals surface area (Å²) in [6.07, 6.45) is 1.71. The molecule has 35 heavy (non-hydrogen) atoms. The van der Waals surface area contributed by atoms with Gasteiger partial charge in [0.2, 0.25) is 5.72 Å². The van der Waals surface area contributed by atoms with E-state index in [4.69, 9.17) is 24.9 Å². The summed E-state index contributed by atoms with van der Waals surface area (Å²) < 4.78 is 19.0. The van der Waals surface area contributed by atoms with Gasteiger partial charge < -0.3 is 19.9 Å². The third-order valence-corrected chi connectivity index (χ3v) is 7.16. The summed E-state index contributed by atoms with van der Waals surface area (Å²) in [6.45, 7) is 2.98. The molecule has 10 heteroatoms. The number of carbonyl (C=O) groups is 2. The summed E-state index contributed by atoms with van der Waals surface area (Å²) in [5, 5.41) is 0. The number of hydrogen-bond acceptors (Lipinski definition) is 8. The molecular formula is C25H23N3O6S. The van der Waals surface area contributed by atoms with Crippen LogP contribution in [0, 0.1) is 5.92 Å². The van der Waals surface area contributed by atoms with Gasteiger partial charge in [0.15, 0.2) is 22.9 Å².